The molecule has 2 heterocycles. The van der Waals surface area contributed by atoms with E-state index in [-0.39, 0.29) is 5.91 Å². The van der Waals surface area contributed by atoms with Crippen molar-refractivity contribution in [3.05, 3.63) is 106 Å². The molecule has 31 heavy (non-hydrogen) atoms. The molecule has 0 spiro atoms. The Morgan fingerprint density at radius 3 is 2.42 bits per heavy atom. The maximum atomic E-state index is 13.2. The summed E-state index contributed by atoms with van der Waals surface area (Å²) in [5, 5.41) is 1.09. The number of carbonyl (C=O) groups is 1. The number of hydrogen-bond acceptors (Lipinski definition) is 3. The fourth-order valence-corrected chi connectivity index (χ4v) is 5.38. The molecule has 0 aliphatic carbocycles. The zero-order chi connectivity index (χ0) is 21.4. The van der Waals surface area contributed by atoms with Gasteiger partial charge in [-0.25, -0.2) is 0 Å². The SMILES string of the molecule is O=C1/C(=C/c2cn(Cc3ccccc3)c3ccc(Br)cc23)SC(=S)N1c1ccccc1. The molecule has 6 heteroatoms. The van der Waals surface area contributed by atoms with Gasteiger partial charge in [0.25, 0.3) is 5.91 Å². The summed E-state index contributed by atoms with van der Waals surface area (Å²) in [7, 11) is 0. The number of hydrogen-bond donors (Lipinski definition) is 0. The minimum atomic E-state index is -0.0832. The van der Waals surface area contributed by atoms with Crippen molar-refractivity contribution < 1.29 is 4.79 Å². The number of nitrogens with zero attached hydrogens (tertiary/aromatic N) is 2. The average molecular weight is 505 g/mol. The molecule has 1 saturated heterocycles. The van der Waals surface area contributed by atoms with E-state index in [1.54, 1.807) is 4.90 Å². The smallest absolute Gasteiger partial charge is 0.270 e. The Morgan fingerprint density at radius 2 is 1.68 bits per heavy atom. The molecule has 0 atom stereocenters. The lowest BCUT2D eigenvalue weighted by molar-refractivity contribution is -0.113. The van der Waals surface area contributed by atoms with Crippen molar-refractivity contribution >= 4 is 72.8 Å². The summed E-state index contributed by atoms with van der Waals surface area (Å²) >= 11 is 10.4. The molecule has 4 aromatic rings. The fourth-order valence-electron chi connectivity index (χ4n) is 3.73. The number of thioether (sulfide) groups is 1. The summed E-state index contributed by atoms with van der Waals surface area (Å²) in [5.41, 5.74) is 4.14. The first kappa shape index (κ1) is 20.2. The lowest BCUT2D eigenvalue weighted by Crippen LogP contribution is -2.27. The number of anilines is 1. The Bertz CT molecular complexity index is 1330. The summed E-state index contributed by atoms with van der Waals surface area (Å²) in [6, 6.07) is 26.2. The van der Waals surface area contributed by atoms with E-state index in [0.29, 0.717) is 9.23 Å². The Morgan fingerprint density at radius 1 is 0.968 bits per heavy atom. The fraction of sp³-hybridized carbons (Fsp3) is 0.0400. The van der Waals surface area contributed by atoms with Crippen molar-refractivity contribution in [3.8, 4) is 0 Å². The van der Waals surface area contributed by atoms with Crippen molar-refractivity contribution in [2.75, 3.05) is 4.90 Å². The number of aromatic nitrogens is 1. The van der Waals surface area contributed by atoms with E-state index in [1.807, 2.05) is 60.7 Å². The highest BCUT2D eigenvalue weighted by Gasteiger charge is 2.33. The Balaban J connectivity index is 1.56. The monoisotopic (exact) mass is 504 g/mol. The maximum Gasteiger partial charge on any atom is 0.270 e. The number of halogens is 1. The van der Waals surface area contributed by atoms with Gasteiger partial charge in [0.1, 0.15) is 0 Å². The van der Waals surface area contributed by atoms with E-state index >= 15 is 0 Å². The molecule has 1 fully saturated rings. The second kappa shape index (κ2) is 8.46. The number of fused-ring (bicyclic) bond motifs is 1. The van der Waals surface area contributed by atoms with Crippen LogP contribution in [0, 0.1) is 0 Å². The first-order chi connectivity index (χ1) is 15.1. The number of carbonyl (C=O) groups excluding carboxylic acids is 1. The molecular weight excluding hydrogens is 488 g/mol. The van der Waals surface area contributed by atoms with E-state index < -0.39 is 0 Å². The van der Waals surface area contributed by atoms with Gasteiger partial charge in [0.15, 0.2) is 4.32 Å². The van der Waals surface area contributed by atoms with Gasteiger partial charge in [0.2, 0.25) is 0 Å². The first-order valence-corrected chi connectivity index (χ1v) is 11.8. The predicted molar refractivity (Wildman–Crippen MR) is 137 cm³/mol. The van der Waals surface area contributed by atoms with E-state index in [9.17, 15) is 4.79 Å². The van der Waals surface area contributed by atoms with Crippen LogP contribution >= 0.6 is 39.9 Å². The molecule has 1 aliphatic heterocycles. The third-order valence-electron chi connectivity index (χ3n) is 5.16. The van der Waals surface area contributed by atoms with Gasteiger partial charge < -0.3 is 4.57 Å². The largest absolute Gasteiger partial charge is 0.342 e. The average Bonchev–Trinajstić information content (AvgIpc) is 3.25. The number of para-hydroxylation sites is 1. The Labute approximate surface area is 198 Å². The minimum Gasteiger partial charge on any atom is -0.342 e. The van der Waals surface area contributed by atoms with E-state index in [4.69, 9.17) is 12.2 Å². The second-order valence-electron chi connectivity index (χ2n) is 7.21. The number of rotatable bonds is 4. The zero-order valence-electron chi connectivity index (χ0n) is 16.4. The van der Waals surface area contributed by atoms with E-state index in [1.165, 1.54) is 17.3 Å². The standard InChI is InChI=1S/C25H17BrN2OS2/c26-19-11-12-22-21(14-19)18(16-27(22)15-17-7-3-1-4-8-17)13-23-24(29)28(25(30)31-23)20-9-5-2-6-10-20/h1-14,16H,15H2/b23-13-. The molecule has 0 radical (unpaired) electrons. The molecule has 1 amide bonds. The van der Waals surface area contributed by atoms with Crippen LogP contribution in [0.15, 0.2) is 94.4 Å². The third-order valence-corrected chi connectivity index (χ3v) is 6.96. The van der Waals surface area contributed by atoms with Crippen molar-refractivity contribution in [1.82, 2.24) is 4.57 Å². The summed E-state index contributed by atoms with van der Waals surface area (Å²) in [4.78, 5) is 15.4. The number of benzene rings is 3. The second-order valence-corrected chi connectivity index (χ2v) is 9.80. The van der Waals surface area contributed by atoms with Gasteiger partial charge in [-0.05, 0) is 42.0 Å². The topological polar surface area (TPSA) is 25.2 Å². The summed E-state index contributed by atoms with van der Waals surface area (Å²) in [5.74, 6) is -0.0832. The lowest BCUT2D eigenvalue weighted by atomic mass is 10.1. The predicted octanol–water partition coefficient (Wildman–Crippen LogP) is 6.86. The molecule has 0 N–H and O–H groups in total. The van der Waals surface area contributed by atoms with Crippen LogP contribution in [0.5, 0.6) is 0 Å². The molecule has 3 aromatic carbocycles. The van der Waals surface area contributed by atoms with Gasteiger partial charge in [0, 0.05) is 33.7 Å². The quantitative estimate of drug-likeness (QED) is 0.224. The highest BCUT2D eigenvalue weighted by molar-refractivity contribution is 9.10. The highest BCUT2D eigenvalue weighted by atomic mass is 79.9. The molecule has 0 saturated carbocycles. The summed E-state index contributed by atoms with van der Waals surface area (Å²) in [6.45, 7) is 0.762. The van der Waals surface area contributed by atoms with Gasteiger partial charge in [-0.3, -0.25) is 9.69 Å². The van der Waals surface area contributed by atoms with Crippen LogP contribution in [0.4, 0.5) is 5.69 Å². The maximum absolute atomic E-state index is 13.2. The molecule has 152 valence electrons. The van der Waals surface area contributed by atoms with Gasteiger partial charge in [-0.1, -0.05) is 88.4 Å². The molecule has 5 rings (SSSR count). The van der Waals surface area contributed by atoms with Crippen molar-refractivity contribution in [2.45, 2.75) is 6.54 Å². The summed E-state index contributed by atoms with van der Waals surface area (Å²) in [6.07, 6.45) is 4.07. The van der Waals surface area contributed by atoms with Crippen LogP contribution in [-0.4, -0.2) is 14.8 Å². The van der Waals surface area contributed by atoms with Crippen LogP contribution in [0.1, 0.15) is 11.1 Å². The molecule has 3 nitrogen and oxygen atoms in total. The normalized spacial score (nSPS) is 15.4. The minimum absolute atomic E-state index is 0.0832. The number of thiocarbonyl (C=S) groups is 1. The van der Waals surface area contributed by atoms with E-state index in [0.717, 1.165) is 33.2 Å². The van der Waals surface area contributed by atoms with Crippen LogP contribution in [0.2, 0.25) is 0 Å². The Hall–Kier alpha value is -2.67. The summed E-state index contributed by atoms with van der Waals surface area (Å²) < 4.78 is 3.78. The molecule has 1 aromatic heterocycles. The van der Waals surface area contributed by atoms with Crippen molar-refractivity contribution in [1.29, 1.82) is 0 Å². The molecular formula is C25H17BrN2OS2. The van der Waals surface area contributed by atoms with Crippen LogP contribution in [0.3, 0.4) is 0 Å². The van der Waals surface area contributed by atoms with Crippen molar-refractivity contribution in [3.63, 3.8) is 0 Å². The van der Waals surface area contributed by atoms with Crippen LogP contribution < -0.4 is 4.90 Å². The third kappa shape index (κ3) is 3.99. The molecule has 0 unspecified atom stereocenters. The highest BCUT2D eigenvalue weighted by Crippen LogP contribution is 2.37. The van der Waals surface area contributed by atoms with Gasteiger partial charge >= 0.3 is 0 Å². The Kier molecular flexibility index (Phi) is 5.52. The lowest BCUT2D eigenvalue weighted by Gasteiger charge is -2.13. The van der Waals surface area contributed by atoms with Gasteiger partial charge in [0.05, 0.1) is 10.6 Å². The van der Waals surface area contributed by atoms with Crippen LogP contribution in [-0.2, 0) is 11.3 Å². The number of amides is 1. The molecule has 1 aliphatic rings. The zero-order valence-corrected chi connectivity index (χ0v) is 19.6. The van der Waals surface area contributed by atoms with Crippen molar-refractivity contribution in [2.24, 2.45) is 0 Å². The van der Waals surface area contributed by atoms with Crippen LogP contribution in [0.25, 0.3) is 17.0 Å². The van der Waals surface area contributed by atoms with E-state index in [2.05, 4.69) is 51.0 Å². The molecule has 0 bridgehead atoms. The van der Waals surface area contributed by atoms with Gasteiger partial charge in [-0.15, -0.1) is 0 Å². The van der Waals surface area contributed by atoms with Gasteiger partial charge in [-0.2, -0.15) is 0 Å². The first-order valence-electron chi connectivity index (χ1n) is 9.75.